The Morgan fingerprint density at radius 3 is 2.64 bits per heavy atom. The fraction of sp³-hybridized carbons (Fsp3) is 0.450. The number of amides is 1. The van der Waals surface area contributed by atoms with Crippen molar-refractivity contribution >= 4 is 5.91 Å². The first-order chi connectivity index (χ1) is 11.8. The van der Waals surface area contributed by atoms with Gasteiger partial charge in [-0.2, -0.15) is 0 Å². The Balaban J connectivity index is 1.78. The van der Waals surface area contributed by atoms with E-state index in [0.29, 0.717) is 43.7 Å². The molecule has 0 atom stereocenters. The van der Waals surface area contributed by atoms with Crippen molar-refractivity contribution in [2.75, 3.05) is 6.54 Å². The third-order valence-corrected chi connectivity index (χ3v) is 4.37. The van der Waals surface area contributed by atoms with E-state index in [1.165, 1.54) is 0 Å². The molecule has 1 aliphatic rings. The predicted octanol–water partition coefficient (Wildman–Crippen LogP) is 2.68. The van der Waals surface area contributed by atoms with E-state index in [1.54, 1.807) is 4.90 Å². The molecule has 1 aromatic heterocycles. The third-order valence-electron chi connectivity index (χ3n) is 4.37. The zero-order chi connectivity index (χ0) is 18.0. The molecule has 5 heteroatoms. The number of aromatic amines is 1. The molecular weight excluding hydrogens is 314 g/mol. The number of hydrogen-bond acceptors (Lipinski definition) is 3. The highest BCUT2D eigenvalue weighted by atomic mass is 16.2. The summed E-state index contributed by atoms with van der Waals surface area (Å²) in [7, 11) is 0. The van der Waals surface area contributed by atoms with Gasteiger partial charge in [0.1, 0.15) is 5.82 Å². The molecule has 0 spiro atoms. The first kappa shape index (κ1) is 17.4. The Bertz CT molecular complexity index is 819. The highest BCUT2D eigenvalue weighted by Gasteiger charge is 2.27. The Morgan fingerprint density at radius 1 is 1.24 bits per heavy atom. The van der Waals surface area contributed by atoms with Crippen LogP contribution in [0.5, 0.6) is 0 Å². The van der Waals surface area contributed by atoms with Crippen molar-refractivity contribution in [1.82, 2.24) is 14.9 Å². The van der Waals surface area contributed by atoms with E-state index in [9.17, 15) is 9.59 Å². The molecular formula is C20H25N3O2. The summed E-state index contributed by atoms with van der Waals surface area (Å²) in [4.78, 5) is 34.2. The van der Waals surface area contributed by atoms with Crippen LogP contribution in [0.3, 0.4) is 0 Å². The number of nitrogens with zero attached hydrogens (tertiary/aromatic N) is 2. The molecule has 0 saturated heterocycles. The summed E-state index contributed by atoms with van der Waals surface area (Å²) in [6, 6.07) is 9.96. The van der Waals surface area contributed by atoms with Gasteiger partial charge in [0.15, 0.2) is 0 Å². The number of carbonyl (C=O) groups excluding carboxylic acids is 1. The van der Waals surface area contributed by atoms with Crippen LogP contribution >= 0.6 is 0 Å². The van der Waals surface area contributed by atoms with Crippen molar-refractivity contribution in [2.24, 2.45) is 5.41 Å². The van der Waals surface area contributed by atoms with Crippen LogP contribution in [0.25, 0.3) is 0 Å². The summed E-state index contributed by atoms with van der Waals surface area (Å²) < 4.78 is 0. The second kappa shape index (κ2) is 6.82. The monoisotopic (exact) mass is 339 g/mol. The number of carbonyl (C=O) groups is 1. The number of H-pyrrole nitrogens is 1. The number of nitrogens with one attached hydrogen (secondary N) is 1. The van der Waals surface area contributed by atoms with Crippen molar-refractivity contribution in [3.63, 3.8) is 0 Å². The van der Waals surface area contributed by atoms with Gasteiger partial charge < -0.3 is 9.88 Å². The topological polar surface area (TPSA) is 66.1 Å². The minimum absolute atomic E-state index is 0.0540. The summed E-state index contributed by atoms with van der Waals surface area (Å²) in [6.07, 6.45) is 1.73. The highest BCUT2D eigenvalue weighted by molar-refractivity contribution is 5.77. The van der Waals surface area contributed by atoms with Gasteiger partial charge in [-0.15, -0.1) is 0 Å². The molecule has 3 rings (SSSR count). The number of hydrogen-bond donors (Lipinski definition) is 1. The van der Waals surface area contributed by atoms with Crippen LogP contribution in [0, 0.1) is 5.41 Å². The van der Waals surface area contributed by atoms with Gasteiger partial charge in [0.05, 0.1) is 17.8 Å². The minimum atomic E-state index is -0.121. The minimum Gasteiger partial charge on any atom is -0.338 e. The summed E-state index contributed by atoms with van der Waals surface area (Å²) in [6.45, 7) is 7.13. The summed E-state index contributed by atoms with van der Waals surface area (Å²) in [5.74, 6) is 0.787. The predicted molar refractivity (Wildman–Crippen MR) is 97.3 cm³/mol. The molecule has 1 aliphatic heterocycles. The largest absolute Gasteiger partial charge is 0.338 e. The van der Waals surface area contributed by atoms with Crippen LogP contribution in [-0.2, 0) is 24.2 Å². The molecule has 1 amide bonds. The van der Waals surface area contributed by atoms with Crippen molar-refractivity contribution in [3.8, 4) is 0 Å². The maximum absolute atomic E-state index is 12.5. The highest BCUT2D eigenvalue weighted by Crippen LogP contribution is 2.22. The molecule has 0 unspecified atom stereocenters. The lowest BCUT2D eigenvalue weighted by Crippen LogP contribution is -2.41. The lowest BCUT2D eigenvalue weighted by Gasteiger charge is -2.30. The van der Waals surface area contributed by atoms with Crippen LogP contribution in [0.2, 0.25) is 0 Å². The quantitative estimate of drug-likeness (QED) is 0.935. The second-order valence-corrected chi connectivity index (χ2v) is 7.90. The molecule has 0 radical (unpaired) electrons. The molecule has 1 N–H and O–H groups in total. The number of aromatic nitrogens is 2. The average Bonchev–Trinajstić information content (AvgIpc) is 2.54. The SMILES string of the molecule is CC(C)(C)CC(=O)N1CCc2nc(Cc3ccccc3)[nH]c(=O)c2C1. The van der Waals surface area contributed by atoms with E-state index in [-0.39, 0.29) is 16.9 Å². The smallest absolute Gasteiger partial charge is 0.256 e. The van der Waals surface area contributed by atoms with Crippen LogP contribution in [0.1, 0.15) is 49.8 Å². The zero-order valence-corrected chi connectivity index (χ0v) is 15.1. The van der Waals surface area contributed by atoms with Crippen molar-refractivity contribution in [3.05, 3.63) is 63.3 Å². The second-order valence-electron chi connectivity index (χ2n) is 7.90. The molecule has 25 heavy (non-hydrogen) atoms. The molecule has 1 aromatic carbocycles. The van der Waals surface area contributed by atoms with Crippen molar-refractivity contribution in [1.29, 1.82) is 0 Å². The Kier molecular flexibility index (Phi) is 4.75. The van der Waals surface area contributed by atoms with Gasteiger partial charge in [-0.05, 0) is 11.0 Å². The van der Waals surface area contributed by atoms with Gasteiger partial charge >= 0.3 is 0 Å². The van der Waals surface area contributed by atoms with Crippen LogP contribution < -0.4 is 5.56 Å². The van der Waals surface area contributed by atoms with E-state index in [1.807, 2.05) is 51.1 Å². The molecule has 0 fully saturated rings. The number of fused-ring (bicyclic) bond motifs is 1. The molecule has 132 valence electrons. The van der Waals surface area contributed by atoms with Gasteiger partial charge in [-0.25, -0.2) is 4.98 Å². The molecule has 0 saturated carbocycles. The number of rotatable bonds is 3. The molecule has 2 aromatic rings. The van der Waals surface area contributed by atoms with Gasteiger partial charge in [-0.1, -0.05) is 51.1 Å². The Labute approximate surface area is 148 Å². The van der Waals surface area contributed by atoms with E-state index in [4.69, 9.17) is 0 Å². The van der Waals surface area contributed by atoms with Gasteiger partial charge in [0.2, 0.25) is 5.91 Å². The summed E-state index contributed by atoms with van der Waals surface area (Å²) in [5.41, 5.74) is 2.40. The fourth-order valence-electron chi connectivity index (χ4n) is 3.13. The van der Waals surface area contributed by atoms with Crippen molar-refractivity contribution < 1.29 is 4.79 Å². The Hall–Kier alpha value is -2.43. The van der Waals surface area contributed by atoms with E-state index in [0.717, 1.165) is 11.3 Å². The summed E-state index contributed by atoms with van der Waals surface area (Å²) >= 11 is 0. The summed E-state index contributed by atoms with van der Waals surface area (Å²) in [5, 5.41) is 0. The van der Waals surface area contributed by atoms with E-state index < -0.39 is 0 Å². The maximum Gasteiger partial charge on any atom is 0.256 e. The third kappa shape index (κ3) is 4.35. The van der Waals surface area contributed by atoms with Crippen LogP contribution in [0.4, 0.5) is 0 Å². The van der Waals surface area contributed by atoms with E-state index >= 15 is 0 Å². The van der Waals surface area contributed by atoms with Gasteiger partial charge in [0.25, 0.3) is 5.56 Å². The molecule has 2 heterocycles. The average molecular weight is 339 g/mol. The van der Waals surface area contributed by atoms with Crippen LogP contribution in [-0.4, -0.2) is 27.3 Å². The standard InChI is InChI=1S/C20H25N3O2/c1-20(2,3)12-18(24)23-10-9-16-15(13-23)19(25)22-17(21-16)11-14-7-5-4-6-8-14/h4-8H,9-13H2,1-3H3,(H,21,22,25). The zero-order valence-electron chi connectivity index (χ0n) is 15.1. The lowest BCUT2D eigenvalue weighted by molar-refractivity contribution is -0.134. The van der Waals surface area contributed by atoms with E-state index in [2.05, 4.69) is 9.97 Å². The molecule has 0 bridgehead atoms. The lowest BCUT2D eigenvalue weighted by atomic mass is 9.91. The van der Waals surface area contributed by atoms with Gasteiger partial charge in [-0.3, -0.25) is 9.59 Å². The van der Waals surface area contributed by atoms with Gasteiger partial charge in [0, 0.05) is 25.8 Å². The Morgan fingerprint density at radius 2 is 1.96 bits per heavy atom. The molecule has 5 nitrogen and oxygen atoms in total. The fourth-order valence-corrected chi connectivity index (χ4v) is 3.13. The number of benzene rings is 1. The maximum atomic E-state index is 12.5. The first-order valence-corrected chi connectivity index (χ1v) is 8.74. The van der Waals surface area contributed by atoms with Crippen molar-refractivity contribution in [2.45, 2.75) is 46.6 Å². The van der Waals surface area contributed by atoms with Crippen LogP contribution in [0.15, 0.2) is 35.1 Å². The molecule has 0 aliphatic carbocycles. The normalized spacial score (nSPS) is 14.3. The first-order valence-electron chi connectivity index (χ1n) is 8.74.